The molecule has 0 radical (unpaired) electrons. The summed E-state index contributed by atoms with van der Waals surface area (Å²) in [5.41, 5.74) is 4.05. The van der Waals surface area contributed by atoms with Crippen molar-refractivity contribution in [2.45, 2.75) is 26.0 Å². The van der Waals surface area contributed by atoms with Gasteiger partial charge < -0.3 is 0 Å². The van der Waals surface area contributed by atoms with Gasteiger partial charge in [-0.2, -0.15) is 0 Å². The Labute approximate surface area is 185 Å². The van der Waals surface area contributed by atoms with E-state index in [1.54, 1.807) is 30.2 Å². The Kier molecular flexibility index (Phi) is 4.80. The van der Waals surface area contributed by atoms with E-state index in [9.17, 15) is 9.59 Å². The highest BCUT2D eigenvalue weighted by molar-refractivity contribution is 6.32. The lowest BCUT2D eigenvalue weighted by Crippen LogP contribution is -2.37. The number of halogens is 1. The van der Waals surface area contributed by atoms with E-state index in [-0.39, 0.29) is 11.8 Å². The fourth-order valence-corrected chi connectivity index (χ4v) is 4.56. The molecular weight excluding hydrogens is 412 g/mol. The number of nitrogens with zero attached hydrogens (tertiary/aromatic N) is 2. The summed E-state index contributed by atoms with van der Waals surface area (Å²) in [6.45, 7) is 3.82. The molecule has 31 heavy (non-hydrogen) atoms. The standard InChI is InChI=1S/C25H21ClN2O3/c1-15-11-13-17(14-12-15)22-21-23(31-28(22)18-7-4-3-5-8-18)25(30)27(24(21)29)20-10-6-9-19(26)16(20)2/h3-14,21-23H,1-2H3/t21-,22+,23-/m0/s1. The summed E-state index contributed by atoms with van der Waals surface area (Å²) in [5, 5.41) is 2.22. The molecule has 3 atom stereocenters. The van der Waals surface area contributed by atoms with Crippen molar-refractivity contribution in [3.05, 3.63) is 94.5 Å². The molecule has 3 aromatic rings. The molecule has 0 N–H and O–H groups in total. The third kappa shape index (κ3) is 3.12. The van der Waals surface area contributed by atoms with Crippen LogP contribution in [0.1, 0.15) is 22.7 Å². The van der Waals surface area contributed by atoms with Gasteiger partial charge in [0.05, 0.1) is 17.4 Å². The van der Waals surface area contributed by atoms with E-state index in [1.807, 2.05) is 61.5 Å². The first-order valence-corrected chi connectivity index (χ1v) is 10.6. The molecule has 0 saturated carbocycles. The summed E-state index contributed by atoms with van der Waals surface area (Å²) >= 11 is 6.26. The number of fused-ring (bicyclic) bond motifs is 1. The van der Waals surface area contributed by atoms with Crippen molar-refractivity contribution in [3.8, 4) is 0 Å². The van der Waals surface area contributed by atoms with Crippen LogP contribution in [0.3, 0.4) is 0 Å². The highest BCUT2D eigenvalue weighted by atomic mass is 35.5. The number of hydroxylamine groups is 1. The lowest BCUT2D eigenvalue weighted by molar-refractivity contribution is -0.126. The number of anilines is 2. The van der Waals surface area contributed by atoms with E-state index >= 15 is 0 Å². The van der Waals surface area contributed by atoms with Gasteiger partial charge in [-0.05, 0) is 49.2 Å². The van der Waals surface area contributed by atoms with Crippen LogP contribution in [0.5, 0.6) is 0 Å². The van der Waals surface area contributed by atoms with Crippen molar-refractivity contribution >= 4 is 34.8 Å². The summed E-state index contributed by atoms with van der Waals surface area (Å²) in [6, 6.07) is 22.4. The highest BCUT2D eigenvalue weighted by Crippen LogP contribution is 2.48. The Morgan fingerprint density at radius 2 is 1.55 bits per heavy atom. The number of aryl methyl sites for hydroxylation is 1. The number of carbonyl (C=O) groups excluding carboxylic acids is 2. The predicted octanol–water partition coefficient (Wildman–Crippen LogP) is 5.01. The first kappa shape index (κ1) is 19.8. The summed E-state index contributed by atoms with van der Waals surface area (Å²) in [5.74, 6) is -1.30. The van der Waals surface area contributed by atoms with Gasteiger partial charge in [0.15, 0.2) is 6.10 Å². The molecule has 3 aromatic carbocycles. The Morgan fingerprint density at radius 1 is 0.839 bits per heavy atom. The maximum atomic E-state index is 13.6. The van der Waals surface area contributed by atoms with Crippen LogP contribution in [0, 0.1) is 19.8 Å². The van der Waals surface area contributed by atoms with E-state index in [0.29, 0.717) is 16.3 Å². The van der Waals surface area contributed by atoms with Crippen LogP contribution >= 0.6 is 11.6 Å². The van der Waals surface area contributed by atoms with Crippen molar-refractivity contribution in [1.82, 2.24) is 0 Å². The van der Waals surface area contributed by atoms with Gasteiger partial charge in [-0.25, -0.2) is 9.96 Å². The zero-order chi connectivity index (χ0) is 21.7. The van der Waals surface area contributed by atoms with Crippen LogP contribution in [0.15, 0.2) is 72.8 Å². The van der Waals surface area contributed by atoms with Gasteiger partial charge in [0.25, 0.3) is 5.91 Å². The number of hydrogen-bond acceptors (Lipinski definition) is 4. The van der Waals surface area contributed by atoms with Crippen molar-refractivity contribution < 1.29 is 14.4 Å². The van der Waals surface area contributed by atoms with Crippen LogP contribution in [0.25, 0.3) is 0 Å². The van der Waals surface area contributed by atoms with Gasteiger partial charge in [0.2, 0.25) is 5.91 Å². The molecule has 2 aliphatic heterocycles. The molecule has 0 aromatic heterocycles. The average molecular weight is 433 g/mol. The first-order valence-electron chi connectivity index (χ1n) is 10.2. The lowest BCUT2D eigenvalue weighted by Gasteiger charge is -2.29. The van der Waals surface area contributed by atoms with E-state index in [1.165, 1.54) is 4.90 Å². The zero-order valence-electron chi connectivity index (χ0n) is 17.2. The minimum atomic E-state index is -0.891. The second-order valence-electron chi connectivity index (χ2n) is 7.96. The smallest absolute Gasteiger partial charge is 0.266 e. The molecule has 2 heterocycles. The van der Waals surface area contributed by atoms with Crippen molar-refractivity contribution in [2.75, 3.05) is 9.96 Å². The second-order valence-corrected chi connectivity index (χ2v) is 8.37. The Hall–Kier alpha value is -3.15. The second kappa shape index (κ2) is 7.52. The van der Waals surface area contributed by atoms with Gasteiger partial charge in [-0.15, -0.1) is 0 Å². The Balaban J connectivity index is 1.60. The number of imide groups is 1. The largest absolute Gasteiger partial charge is 0.273 e. The number of para-hydroxylation sites is 1. The lowest BCUT2D eigenvalue weighted by atomic mass is 9.90. The van der Waals surface area contributed by atoms with E-state index in [4.69, 9.17) is 16.4 Å². The molecule has 2 amide bonds. The van der Waals surface area contributed by atoms with Gasteiger partial charge in [0.1, 0.15) is 5.92 Å². The van der Waals surface area contributed by atoms with E-state index in [2.05, 4.69) is 0 Å². The van der Waals surface area contributed by atoms with Gasteiger partial charge in [-0.3, -0.25) is 14.4 Å². The quantitative estimate of drug-likeness (QED) is 0.546. The molecule has 6 heteroatoms. The summed E-state index contributed by atoms with van der Waals surface area (Å²) < 4.78 is 0. The zero-order valence-corrected chi connectivity index (χ0v) is 17.9. The Bertz CT molecular complexity index is 1160. The number of hydrogen-bond donors (Lipinski definition) is 0. The number of carbonyl (C=O) groups is 2. The minimum Gasteiger partial charge on any atom is -0.273 e. The SMILES string of the molecule is Cc1ccc([C@@H]2[C@@H]3C(=O)N(c4cccc(Cl)c4C)C(=O)[C@H]3ON2c2ccccc2)cc1. The molecule has 0 aliphatic carbocycles. The number of amides is 2. The Morgan fingerprint density at radius 3 is 2.26 bits per heavy atom. The molecule has 2 saturated heterocycles. The molecule has 5 rings (SSSR count). The molecule has 0 bridgehead atoms. The maximum absolute atomic E-state index is 13.6. The maximum Gasteiger partial charge on any atom is 0.266 e. The van der Waals surface area contributed by atoms with Crippen LogP contribution in [-0.2, 0) is 14.4 Å². The summed E-state index contributed by atoms with van der Waals surface area (Å²) in [4.78, 5) is 34.4. The molecule has 0 spiro atoms. The molecule has 5 nitrogen and oxygen atoms in total. The molecule has 2 fully saturated rings. The fourth-order valence-electron chi connectivity index (χ4n) is 4.39. The number of benzene rings is 3. The normalized spacial score (nSPS) is 22.9. The molecular formula is C25H21ClN2O3. The number of rotatable bonds is 3. The molecule has 156 valence electrons. The van der Waals surface area contributed by atoms with Crippen LogP contribution < -0.4 is 9.96 Å². The summed E-state index contributed by atoms with van der Waals surface area (Å²) in [7, 11) is 0. The van der Waals surface area contributed by atoms with Crippen LogP contribution in [-0.4, -0.2) is 17.9 Å². The topological polar surface area (TPSA) is 49.9 Å². The van der Waals surface area contributed by atoms with Gasteiger partial charge in [0, 0.05) is 5.02 Å². The molecule has 2 aliphatic rings. The van der Waals surface area contributed by atoms with Crippen LogP contribution in [0.4, 0.5) is 11.4 Å². The summed E-state index contributed by atoms with van der Waals surface area (Å²) in [6.07, 6.45) is -0.891. The van der Waals surface area contributed by atoms with E-state index in [0.717, 1.165) is 16.8 Å². The monoisotopic (exact) mass is 432 g/mol. The fraction of sp³-hybridized carbons (Fsp3) is 0.200. The average Bonchev–Trinajstić information content (AvgIpc) is 3.28. The first-order chi connectivity index (χ1) is 15.0. The van der Waals surface area contributed by atoms with Crippen molar-refractivity contribution in [1.29, 1.82) is 0 Å². The third-order valence-electron chi connectivity index (χ3n) is 6.02. The van der Waals surface area contributed by atoms with Gasteiger partial charge >= 0.3 is 0 Å². The van der Waals surface area contributed by atoms with Crippen molar-refractivity contribution in [3.63, 3.8) is 0 Å². The minimum absolute atomic E-state index is 0.274. The molecule has 0 unspecified atom stereocenters. The van der Waals surface area contributed by atoms with Crippen molar-refractivity contribution in [2.24, 2.45) is 5.92 Å². The van der Waals surface area contributed by atoms with Gasteiger partial charge in [-0.1, -0.05) is 65.7 Å². The highest BCUT2D eigenvalue weighted by Gasteiger charge is 2.60. The van der Waals surface area contributed by atoms with E-state index < -0.39 is 18.1 Å². The van der Waals surface area contributed by atoms with Crippen LogP contribution in [0.2, 0.25) is 5.02 Å². The third-order valence-corrected chi connectivity index (χ3v) is 6.43. The predicted molar refractivity (Wildman–Crippen MR) is 120 cm³/mol.